The van der Waals surface area contributed by atoms with E-state index in [2.05, 4.69) is 15.9 Å². The molecule has 20 heavy (non-hydrogen) atoms. The molecule has 0 bridgehead atoms. The van der Waals surface area contributed by atoms with Crippen LogP contribution in [0.2, 0.25) is 0 Å². The van der Waals surface area contributed by atoms with Crippen LogP contribution >= 0.6 is 28.3 Å². The van der Waals surface area contributed by atoms with Crippen LogP contribution in [0.1, 0.15) is 17.2 Å². The van der Waals surface area contributed by atoms with Crippen molar-refractivity contribution in [1.29, 1.82) is 0 Å². The van der Waals surface area contributed by atoms with Gasteiger partial charge in [-0.15, -0.1) is 12.4 Å². The summed E-state index contributed by atoms with van der Waals surface area (Å²) < 4.78 is 0.941. The van der Waals surface area contributed by atoms with Crippen molar-refractivity contribution in [3.05, 3.63) is 64.1 Å². The van der Waals surface area contributed by atoms with Gasteiger partial charge in [0, 0.05) is 15.7 Å². The summed E-state index contributed by atoms with van der Waals surface area (Å²) in [5, 5.41) is 0. The fourth-order valence-electron chi connectivity index (χ4n) is 2.37. The van der Waals surface area contributed by atoms with E-state index in [9.17, 15) is 4.79 Å². The third-order valence-electron chi connectivity index (χ3n) is 3.33. The molecule has 2 aromatic rings. The zero-order valence-corrected chi connectivity index (χ0v) is 13.0. The molecule has 2 N–H and O–H groups in total. The van der Waals surface area contributed by atoms with Crippen molar-refractivity contribution < 1.29 is 4.79 Å². The number of hydrogen-bond acceptors (Lipinski definition) is 2. The Kier molecular flexibility index (Phi) is 4.48. The topological polar surface area (TPSA) is 46.3 Å². The summed E-state index contributed by atoms with van der Waals surface area (Å²) in [5.74, 6) is -0.0445. The molecule has 104 valence electrons. The lowest BCUT2D eigenvalue weighted by Gasteiger charge is -2.17. The highest BCUT2D eigenvalue weighted by Crippen LogP contribution is 2.37. The molecule has 0 fully saturated rings. The summed E-state index contributed by atoms with van der Waals surface area (Å²) in [6, 6.07) is 15.2. The molecular formula is C15H14BrClN2O. The summed E-state index contributed by atoms with van der Waals surface area (Å²) in [6.45, 7) is 0.558. The van der Waals surface area contributed by atoms with Crippen LogP contribution < -0.4 is 10.6 Å². The number of carbonyl (C=O) groups is 1. The maximum absolute atomic E-state index is 12.3. The van der Waals surface area contributed by atoms with E-state index >= 15 is 0 Å². The molecule has 0 radical (unpaired) electrons. The smallest absolute Gasteiger partial charge is 0.248 e. The minimum absolute atomic E-state index is 0. The van der Waals surface area contributed by atoms with E-state index in [1.807, 2.05) is 48.5 Å². The van der Waals surface area contributed by atoms with Crippen molar-refractivity contribution in [2.45, 2.75) is 12.6 Å². The van der Waals surface area contributed by atoms with Gasteiger partial charge in [0.15, 0.2) is 0 Å². The first-order valence-electron chi connectivity index (χ1n) is 6.07. The first kappa shape index (κ1) is 15.0. The first-order valence-corrected chi connectivity index (χ1v) is 6.86. The maximum Gasteiger partial charge on any atom is 0.248 e. The fraction of sp³-hybridized carbons (Fsp3) is 0.133. The Morgan fingerprint density at radius 1 is 1.15 bits per heavy atom. The zero-order valence-electron chi connectivity index (χ0n) is 10.6. The largest absolute Gasteiger partial charge is 0.316 e. The van der Waals surface area contributed by atoms with Gasteiger partial charge in [0.1, 0.15) is 6.04 Å². The van der Waals surface area contributed by atoms with Gasteiger partial charge >= 0.3 is 0 Å². The number of amides is 1. The van der Waals surface area contributed by atoms with E-state index in [0.717, 1.165) is 21.3 Å². The third kappa shape index (κ3) is 2.59. The number of nitrogens with two attached hydrogens (primary N) is 1. The second-order valence-corrected chi connectivity index (χ2v) is 5.51. The lowest BCUT2D eigenvalue weighted by molar-refractivity contribution is -0.119. The summed E-state index contributed by atoms with van der Waals surface area (Å²) >= 11 is 3.41. The molecule has 1 unspecified atom stereocenters. The fourth-order valence-corrected chi connectivity index (χ4v) is 2.75. The monoisotopic (exact) mass is 352 g/mol. The van der Waals surface area contributed by atoms with Crippen LogP contribution in [0.3, 0.4) is 0 Å². The minimum atomic E-state index is -0.559. The Bertz CT molecular complexity index is 633. The van der Waals surface area contributed by atoms with Gasteiger partial charge in [0.2, 0.25) is 5.91 Å². The number of anilines is 1. The second kappa shape index (κ2) is 5.95. The number of nitrogens with zero attached hydrogens (tertiary/aromatic N) is 1. The Morgan fingerprint density at radius 2 is 1.85 bits per heavy atom. The highest BCUT2D eigenvalue weighted by Gasteiger charge is 2.34. The van der Waals surface area contributed by atoms with Crippen molar-refractivity contribution in [2.75, 3.05) is 4.90 Å². The molecule has 5 heteroatoms. The number of benzene rings is 2. The van der Waals surface area contributed by atoms with E-state index < -0.39 is 6.04 Å². The Hall–Kier alpha value is -1.36. The molecule has 0 aromatic heterocycles. The summed E-state index contributed by atoms with van der Waals surface area (Å²) in [5.41, 5.74) is 8.88. The number of hydrogen-bond donors (Lipinski definition) is 1. The third-order valence-corrected chi connectivity index (χ3v) is 3.82. The molecule has 1 aliphatic heterocycles. The van der Waals surface area contributed by atoms with Gasteiger partial charge in [-0.05, 0) is 23.8 Å². The number of carbonyl (C=O) groups excluding carboxylic acids is 1. The number of fused-ring (bicyclic) bond motifs is 1. The number of halogens is 2. The van der Waals surface area contributed by atoms with Crippen molar-refractivity contribution in [2.24, 2.45) is 5.73 Å². The molecule has 1 heterocycles. The molecule has 1 atom stereocenters. The van der Waals surface area contributed by atoms with Crippen molar-refractivity contribution in [3.63, 3.8) is 0 Å². The molecule has 1 aliphatic rings. The number of rotatable bonds is 2. The molecular weight excluding hydrogens is 340 g/mol. The highest BCUT2D eigenvalue weighted by atomic mass is 79.9. The van der Waals surface area contributed by atoms with E-state index in [0.29, 0.717) is 6.54 Å². The van der Waals surface area contributed by atoms with Crippen molar-refractivity contribution in [1.82, 2.24) is 0 Å². The Balaban J connectivity index is 0.00000147. The molecule has 2 aromatic carbocycles. The summed E-state index contributed by atoms with van der Waals surface area (Å²) in [4.78, 5) is 14.0. The lowest BCUT2D eigenvalue weighted by atomic mass is 10.1. The minimum Gasteiger partial charge on any atom is -0.316 e. The van der Waals surface area contributed by atoms with E-state index in [1.165, 1.54) is 0 Å². The van der Waals surface area contributed by atoms with Crippen molar-refractivity contribution in [3.8, 4) is 0 Å². The lowest BCUT2D eigenvalue weighted by Crippen LogP contribution is -2.31. The van der Waals surface area contributed by atoms with Gasteiger partial charge in [-0.3, -0.25) is 4.79 Å². The van der Waals surface area contributed by atoms with Gasteiger partial charge in [-0.1, -0.05) is 46.3 Å². The predicted molar refractivity (Wildman–Crippen MR) is 86.0 cm³/mol. The molecule has 3 nitrogen and oxygen atoms in total. The van der Waals surface area contributed by atoms with Crippen LogP contribution in [0.4, 0.5) is 5.69 Å². The van der Waals surface area contributed by atoms with Crippen LogP contribution in [-0.4, -0.2) is 5.91 Å². The summed E-state index contributed by atoms with van der Waals surface area (Å²) in [6.07, 6.45) is 0. The van der Waals surface area contributed by atoms with Gasteiger partial charge in [-0.25, -0.2) is 0 Å². The van der Waals surface area contributed by atoms with Gasteiger partial charge < -0.3 is 10.6 Å². The molecule has 0 saturated heterocycles. The Morgan fingerprint density at radius 3 is 2.55 bits per heavy atom. The quantitative estimate of drug-likeness (QED) is 0.899. The molecule has 1 amide bonds. The van der Waals surface area contributed by atoms with Gasteiger partial charge in [-0.2, -0.15) is 0 Å². The maximum atomic E-state index is 12.3. The summed E-state index contributed by atoms with van der Waals surface area (Å²) in [7, 11) is 0. The first-order chi connectivity index (χ1) is 9.16. The van der Waals surface area contributed by atoms with E-state index in [4.69, 9.17) is 5.73 Å². The normalized spacial score (nSPS) is 16.8. The van der Waals surface area contributed by atoms with Crippen LogP contribution in [0.15, 0.2) is 53.0 Å². The average Bonchev–Trinajstić information content (AvgIpc) is 2.65. The van der Waals surface area contributed by atoms with Crippen molar-refractivity contribution >= 4 is 39.9 Å². The van der Waals surface area contributed by atoms with Gasteiger partial charge in [0.25, 0.3) is 0 Å². The van der Waals surface area contributed by atoms with E-state index in [1.54, 1.807) is 4.90 Å². The average molecular weight is 354 g/mol. The van der Waals surface area contributed by atoms with Crippen LogP contribution in [-0.2, 0) is 11.3 Å². The highest BCUT2D eigenvalue weighted by molar-refractivity contribution is 9.10. The Labute approximate surface area is 132 Å². The predicted octanol–water partition coefficient (Wildman–Crippen LogP) is 3.42. The zero-order chi connectivity index (χ0) is 13.4. The van der Waals surface area contributed by atoms with Gasteiger partial charge in [0.05, 0.1) is 6.54 Å². The molecule has 0 spiro atoms. The van der Waals surface area contributed by atoms with Crippen LogP contribution in [0.5, 0.6) is 0 Å². The SMILES string of the molecule is Cl.NC1C(=O)N(Cc2ccccc2)c2ccc(Br)cc21. The van der Waals surface area contributed by atoms with E-state index in [-0.39, 0.29) is 18.3 Å². The molecule has 0 aliphatic carbocycles. The molecule has 0 saturated carbocycles. The second-order valence-electron chi connectivity index (χ2n) is 4.59. The standard InChI is InChI=1S/C15H13BrN2O.ClH/c16-11-6-7-13-12(8-11)14(17)15(19)18(13)9-10-4-2-1-3-5-10;/h1-8,14H,9,17H2;1H. The molecule has 3 rings (SSSR count). The van der Waals surface area contributed by atoms with Crippen LogP contribution in [0.25, 0.3) is 0 Å². The van der Waals surface area contributed by atoms with Crippen LogP contribution in [0, 0.1) is 0 Å².